The van der Waals surface area contributed by atoms with Gasteiger partial charge in [0.1, 0.15) is 0 Å². The lowest BCUT2D eigenvalue weighted by Gasteiger charge is -2.00. The molecule has 2 atom stereocenters. The highest BCUT2D eigenvalue weighted by Gasteiger charge is 2.43. The Kier molecular flexibility index (Phi) is 2.38. The average Bonchev–Trinajstić information content (AvgIpc) is 2.97. The van der Waals surface area contributed by atoms with Crippen molar-refractivity contribution in [2.45, 2.75) is 19.4 Å². The summed E-state index contributed by atoms with van der Waals surface area (Å²) in [6.45, 7) is 2.02. The minimum absolute atomic E-state index is 0.0997. The van der Waals surface area contributed by atoms with Gasteiger partial charge in [-0.1, -0.05) is 29.8 Å². The number of Topliss-reactive ketones (excluding diaryl/α,β-unsaturated/α-hetero) is 1. The van der Waals surface area contributed by atoms with E-state index < -0.39 is 0 Å². The van der Waals surface area contributed by atoms with Gasteiger partial charge in [0.15, 0.2) is 5.78 Å². The summed E-state index contributed by atoms with van der Waals surface area (Å²) in [7, 11) is 1.66. The molecule has 1 fully saturated rings. The van der Waals surface area contributed by atoms with Gasteiger partial charge in [0.05, 0.1) is 12.0 Å². The maximum Gasteiger partial charge on any atom is 0.168 e. The van der Waals surface area contributed by atoms with Crippen LogP contribution in [0.15, 0.2) is 24.3 Å². The Balaban J connectivity index is 2.09. The molecule has 0 radical (unpaired) electrons. The number of hydrogen-bond acceptors (Lipinski definition) is 2. The average molecular weight is 190 g/mol. The molecule has 2 unspecified atom stereocenters. The molecule has 2 heteroatoms. The Bertz CT molecular complexity index is 340. The van der Waals surface area contributed by atoms with Crippen molar-refractivity contribution in [2.24, 2.45) is 5.92 Å². The van der Waals surface area contributed by atoms with Gasteiger partial charge in [-0.2, -0.15) is 0 Å². The van der Waals surface area contributed by atoms with Gasteiger partial charge in [0.2, 0.25) is 0 Å². The lowest BCUT2D eigenvalue weighted by Crippen LogP contribution is -2.05. The summed E-state index contributed by atoms with van der Waals surface area (Å²) in [6, 6.07) is 7.72. The topological polar surface area (TPSA) is 26.3 Å². The molecule has 0 saturated heterocycles. The van der Waals surface area contributed by atoms with Gasteiger partial charge < -0.3 is 4.74 Å². The summed E-state index contributed by atoms with van der Waals surface area (Å²) in [6.07, 6.45) is 1.03. The third kappa shape index (κ3) is 1.70. The molecule has 2 nitrogen and oxygen atoms in total. The van der Waals surface area contributed by atoms with Crippen LogP contribution in [0.1, 0.15) is 22.3 Å². The number of carbonyl (C=O) groups excluding carboxylic acids is 1. The van der Waals surface area contributed by atoms with Crippen LogP contribution in [0.4, 0.5) is 0 Å². The predicted molar refractivity (Wildman–Crippen MR) is 54.4 cm³/mol. The van der Waals surface area contributed by atoms with Gasteiger partial charge in [0.25, 0.3) is 0 Å². The largest absolute Gasteiger partial charge is 0.381 e. The number of rotatable bonds is 3. The predicted octanol–water partition coefficient (Wildman–Crippen LogP) is 2.21. The standard InChI is InChI=1S/C12H14O2/c1-8-3-5-9(6-4-8)12(13)10-7-11(10)14-2/h3-6,10-11H,7H2,1-2H3. The van der Waals surface area contributed by atoms with Crippen molar-refractivity contribution in [3.63, 3.8) is 0 Å². The summed E-state index contributed by atoms with van der Waals surface area (Å²) in [5, 5.41) is 0. The molecule has 0 aromatic heterocycles. The number of ketones is 1. The fraction of sp³-hybridized carbons (Fsp3) is 0.417. The molecule has 74 valence electrons. The number of methoxy groups -OCH3 is 1. The molecule has 1 aliphatic carbocycles. The first-order valence-corrected chi connectivity index (χ1v) is 4.86. The summed E-state index contributed by atoms with van der Waals surface area (Å²) in [4.78, 5) is 11.8. The van der Waals surface area contributed by atoms with E-state index in [9.17, 15) is 4.79 Å². The van der Waals surface area contributed by atoms with E-state index in [-0.39, 0.29) is 17.8 Å². The van der Waals surface area contributed by atoms with Crippen LogP contribution >= 0.6 is 0 Å². The van der Waals surface area contributed by atoms with Gasteiger partial charge in [-0.05, 0) is 13.3 Å². The molecule has 0 aliphatic heterocycles. The van der Waals surface area contributed by atoms with Crippen molar-refractivity contribution in [2.75, 3.05) is 7.11 Å². The van der Waals surface area contributed by atoms with Crippen molar-refractivity contribution < 1.29 is 9.53 Å². The SMILES string of the molecule is COC1CC1C(=O)c1ccc(C)cc1. The first kappa shape index (κ1) is 9.41. The minimum atomic E-state index is 0.0997. The molecule has 0 heterocycles. The minimum Gasteiger partial charge on any atom is -0.381 e. The number of carbonyl (C=O) groups is 1. The van der Waals surface area contributed by atoms with E-state index in [0.717, 1.165) is 12.0 Å². The van der Waals surface area contributed by atoms with E-state index in [0.29, 0.717) is 0 Å². The number of benzene rings is 1. The van der Waals surface area contributed by atoms with Crippen LogP contribution in [-0.4, -0.2) is 19.0 Å². The van der Waals surface area contributed by atoms with Crippen LogP contribution < -0.4 is 0 Å². The van der Waals surface area contributed by atoms with Crippen molar-refractivity contribution in [1.82, 2.24) is 0 Å². The summed E-state index contributed by atoms with van der Waals surface area (Å²) < 4.78 is 5.12. The zero-order valence-electron chi connectivity index (χ0n) is 8.49. The number of hydrogen-bond donors (Lipinski definition) is 0. The molecule has 1 aliphatic rings. The molecule has 0 bridgehead atoms. The Hall–Kier alpha value is -1.15. The van der Waals surface area contributed by atoms with Gasteiger partial charge in [0, 0.05) is 12.7 Å². The number of ether oxygens (including phenoxy) is 1. The van der Waals surface area contributed by atoms with Crippen molar-refractivity contribution in [3.05, 3.63) is 35.4 Å². The van der Waals surface area contributed by atoms with E-state index in [1.165, 1.54) is 5.56 Å². The van der Waals surface area contributed by atoms with Crippen LogP contribution in [0.2, 0.25) is 0 Å². The highest BCUT2D eigenvalue weighted by molar-refractivity contribution is 6.00. The van der Waals surface area contributed by atoms with Crippen molar-refractivity contribution >= 4 is 5.78 Å². The van der Waals surface area contributed by atoms with E-state index in [2.05, 4.69) is 0 Å². The van der Waals surface area contributed by atoms with E-state index in [1.54, 1.807) is 7.11 Å². The zero-order chi connectivity index (χ0) is 10.1. The molecular formula is C12H14O2. The summed E-state index contributed by atoms with van der Waals surface area (Å²) in [5.74, 6) is 0.319. The molecule has 1 aromatic carbocycles. The highest BCUT2D eigenvalue weighted by atomic mass is 16.5. The van der Waals surface area contributed by atoms with Crippen LogP contribution in [-0.2, 0) is 4.74 Å². The zero-order valence-corrected chi connectivity index (χ0v) is 8.49. The third-order valence-corrected chi connectivity index (χ3v) is 2.71. The Morgan fingerprint density at radius 3 is 2.50 bits per heavy atom. The van der Waals surface area contributed by atoms with Gasteiger partial charge in [-0.3, -0.25) is 4.79 Å². The quantitative estimate of drug-likeness (QED) is 0.683. The van der Waals surface area contributed by atoms with Crippen LogP contribution in [0.25, 0.3) is 0 Å². The lowest BCUT2D eigenvalue weighted by molar-refractivity contribution is 0.0918. The fourth-order valence-corrected chi connectivity index (χ4v) is 1.64. The monoisotopic (exact) mass is 190 g/mol. The van der Waals surface area contributed by atoms with Crippen molar-refractivity contribution in [3.8, 4) is 0 Å². The summed E-state index contributed by atoms with van der Waals surface area (Å²) >= 11 is 0. The van der Waals surface area contributed by atoms with E-state index >= 15 is 0 Å². The molecule has 0 N–H and O–H groups in total. The van der Waals surface area contributed by atoms with E-state index in [4.69, 9.17) is 4.74 Å². The normalized spacial score (nSPS) is 24.7. The molecule has 2 rings (SSSR count). The molecule has 0 amide bonds. The molecule has 0 spiro atoms. The first-order valence-electron chi connectivity index (χ1n) is 4.86. The Morgan fingerprint density at radius 2 is 2.00 bits per heavy atom. The lowest BCUT2D eigenvalue weighted by atomic mass is 10.1. The first-order chi connectivity index (χ1) is 6.72. The van der Waals surface area contributed by atoms with Gasteiger partial charge in [-0.25, -0.2) is 0 Å². The second-order valence-corrected chi connectivity index (χ2v) is 3.85. The van der Waals surface area contributed by atoms with Crippen LogP contribution in [0.3, 0.4) is 0 Å². The Morgan fingerprint density at radius 1 is 1.36 bits per heavy atom. The molecule has 1 saturated carbocycles. The van der Waals surface area contributed by atoms with Crippen molar-refractivity contribution in [1.29, 1.82) is 0 Å². The maximum atomic E-state index is 11.8. The second-order valence-electron chi connectivity index (χ2n) is 3.85. The Labute approximate surface area is 83.9 Å². The van der Waals surface area contributed by atoms with Gasteiger partial charge >= 0.3 is 0 Å². The summed E-state index contributed by atoms with van der Waals surface area (Å²) in [5.41, 5.74) is 1.99. The third-order valence-electron chi connectivity index (χ3n) is 2.71. The maximum absolute atomic E-state index is 11.8. The molecular weight excluding hydrogens is 176 g/mol. The number of aryl methyl sites for hydroxylation is 1. The van der Waals surface area contributed by atoms with Crippen LogP contribution in [0.5, 0.6) is 0 Å². The fourth-order valence-electron chi connectivity index (χ4n) is 1.64. The molecule has 14 heavy (non-hydrogen) atoms. The molecule has 1 aromatic rings. The highest BCUT2D eigenvalue weighted by Crippen LogP contribution is 2.36. The van der Waals surface area contributed by atoms with Gasteiger partial charge in [-0.15, -0.1) is 0 Å². The van der Waals surface area contributed by atoms with E-state index in [1.807, 2.05) is 31.2 Å². The smallest absolute Gasteiger partial charge is 0.168 e. The van der Waals surface area contributed by atoms with Crippen LogP contribution in [0, 0.1) is 12.8 Å². The second kappa shape index (κ2) is 3.54.